The molecule has 2 aliphatic rings. The number of halogens is 4. The number of fused-ring (bicyclic) bond motifs is 1. The number of carbonyl (C=O) groups excluding carboxylic acids is 1. The van der Waals surface area contributed by atoms with Gasteiger partial charge < -0.3 is 9.64 Å². The number of nitrogens with zero attached hydrogens (tertiary/aromatic N) is 1. The molecule has 1 saturated carbocycles. The van der Waals surface area contributed by atoms with E-state index >= 15 is 0 Å². The van der Waals surface area contributed by atoms with Crippen LogP contribution in [0.25, 0.3) is 0 Å². The van der Waals surface area contributed by atoms with E-state index in [9.17, 15) is 22.4 Å². The molecule has 0 aromatic heterocycles. The first-order valence-electron chi connectivity index (χ1n) is 7.41. The lowest BCUT2D eigenvalue weighted by molar-refractivity contribution is -0.167. The van der Waals surface area contributed by atoms with Crippen molar-refractivity contribution in [3.05, 3.63) is 0 Å². The van der Waals surface area contributed by atoms with E-state index in [4.69, 9.17) is 0 Å². The van der Waals surface area contributed by atoms with E-state index in [1.54, 1.807) is 4.90 Å². The average Bonchev–Trinajstić information content (AvgIpc) is 2.87. The van der Waals surface area contributed by atoms with Gasteiger partial charge in [0.25, 0.3) is 0 Å². The second-order valence-corrected chi connectivity index (χ2v) is 5.97. The molecule has 1 aliphatic heterocycles. The lowest BCUT2D eigenvalue weighted by atomic mass is 9.82. The van der Waals surface area contributed by atoms with Gasteiger partial charge in [0.2, 0.25) is 5.91 Å². The third-order valence-corrected chi connectivity index (χ3v) is 4.40. The van der Waals surface area contributed by atoms with Crippen LogP contribution in [0, 0.1) is 11.8 Å². The molecular formula is C14H21F4NO2. The number of alkyl halides is 4. The number of rotatable bonds is 6. The normalized spacial score (nSPS) is 26.2. The minimum atomic E-state index is -4.15. The third kappa shape index (κ3) is 4.31. The average molecular weight is 311 g/mol. The first kappa shape index (κ1) is 16.5. The zero-order valence-corrected chi connectivity index (χ0v) is 11.9. The standard InChI is InChI=1S/C14H21F4NO2/c15-13(16)14(17,18)9-21-6-5-12(20)19-7-10-3-1-2-4-11(10)8-19/h10-11,13H,1-9H2/t10-,11-/m0/s1. The lowest BCUT2D eigenvalue weighted by Crippen LogP contribution is -2.34. The van der Waals surface area contributed by atoms with Gasteiger partial charge in [-0.25, -0.2) is 8.78 Å². The maximum absolute atomic E-state index is 12.6. The van der Waals surface area contributed by atoms with Gasteiger partial charge in [0.15, 0.2) is 0 Å². The van der Waals surface area contributed by atoms with Gasteiger partial charge >= 0.3 is 12.3 Å². The molecule has 0 unspecified atom stereocenters. The predicted molar refractivity (Wildman–Crippen MR) is 68.4 cm³/mol. The summed E-state index contributed by atoms with van der Waals surface area (Å²) in [4.78, 5) is 13.7. The molecule has 0 radical (unpaired) electrons. The number of carbonyl (C=O) groups is 1. The Balaban J connectivity index is 1.66. The molecule has 7 heteroatoms. The van der Waals surface area contributed by atoms with Crippen LogP contribution in [0.5, 0.6) is 0 Å². The highest BCUT2D eigenvalue weighted by molar-refractivity contribution is 5.76. The lowest BCUT2D eigenvalue weighted by Gasteiger charge is -2.22. The number of hydrogen-bond donors (Lipinski definition) is 0. The van der Waals surface area contributed by atoms with Crippen LogP contribution in [0.2, 0.25) is 0 Å². The Morgan fingerprint density at radius 1 is 1.19 bits per heavy atom. The Morgan fingerprint density at radius 3 is 2.29 bits per heavy atom. The molecule has 0 aromatic rings. The Morgan fingerprint density at radius 2 is 1.76 bits per heavy atom. The van der Waals surface area contributed by atoms with Crippen LogP contribution >= 0.6 is 0 Å². The van der Waals surface area contributed by atoms with E-state index in [0.29, 0.717) is 11.8 Å². The Hall–Kier alpha value is -0.850. The zero-order chi connectivity index (χ0) is 15.5. The second kappa shape index (κ2) is 6.94. The van der Waals surface area contributed by atoms with Crippen LogP contribution in [0.4, 0.5) is 17.6 Å². The second-order valence-electron chi connectivity index (χ2n) is 5.97. The highest BCUT2D eigenvalue weighted by Gasteiger charge is 2.41. The van der Waals surface area contributed by atoms with Gasteiger partial charge in [-0.15, -0.1) is 0 Å². The summed E-state index contributed by atoms with van der Waals surface area (Å²) < 4.78 is 53.6. The zero-order valence-electron chi connectivity index (χ0n) is 11.9. The first-order valence-corrected chi connectivity index (χ1v) is 7.41. The molecule has 1 aliphatic carbocycles. The van der Waals surface area contributed by atoms with Crippen molar-refractivity contribution in [2.75, 3.05) is 26.3 Å². The highest BCUT2D eigenvalue weighted by Crippen LogP contribution is 2.36. The molecule has 1 amide bonds. The molecule has 0 N–H and O–H groups in total. The maximum atomic E-state index is 12.6. The largest absolute Gasteiger partial charge is 0.374 e. The minimum Gasteiger partial charge on any atom is -0.374 e. The molecule has 2 atom stereocenters. The van der Waals surface area contributed by atoms with Crippen molar-refractivity contribution in [2.45, 2.75) is 44.5 Å². The fraction of sp³-hybridized carbons (Fsp3) is 0.929. The van der Waals surface area contributed by atoms with Gasteiger partial charge in [-0.3, -0.25) is 4.79 Å². The van der Waals surface area contributed by atoms with Gasteiger partial charge in [-0.05, 0) is 24.7 Å². The minimum absolute atomic E-state index is 0.0290. The van der Waals surface area contributed by atoms with Crippen LogP contribution in [0.3, 0.4) is 0 Å². The maximum Gasteiger partial charge on any atom is 0.330 e. The quantitative estimate of drug-likeness (QED) is 0.557. The SMILES string of the molecule is O=C(CCOCC(F)(F)C(F)F)N1C[C@@H]2CCCC[C@H]2C1. The number of amides is 1. The van der Waals surface area contributed by atoms with Crippen LogP contribution in [0.1, 0.15) is 32.1 Å². The van der Waals surface area contributed by atoms with Crippen molar-refractivity contribution in [3.63, 3.8) is 0 Å². The molecule has 2 rings (SSSR count). The molecule has 122 valence electrons. The Labute approximate surface area is 121 Å². The van der Waals surface area contributed by atoms with Crippen molar-refractivity contribution >= 4 is 5.91 Å². The highest BCUT2D eigenvalue weighted by atomic mass is 19.3. The van der Waals surface area contributed by atoms with Crippen molar-refractivity contribution in [1.82, 2.24) is 4.90 Å². The summed E-state index contributed by atoms with van der Waals surface area (Å²) in [6.45, 7) is -0.121. The Bertz CT molecular complexity index is 351. The monoisotopic (exact) mass is 311 g/mol. The van der Waals surface area contributed by atoms with Gasteiger partial charge in [0, 0.05) is 13.1 Å². The Kier molecular flexibility index (Phi) is 5.46. The number of ether oxygens (including phenoxy) is 1. The van der Waals surface area contributed by atoms with Gasteiger partial charge in [-0.1, -0.05) is 12.8 Å². The van der Waals surface area contributed by atoms with Crippen LogP contribution in [0.15, 0.2) is 0 Å². The van der Waals surface area contributed by atoms with E-state index < -0.39 is 19.0 Å². The van der Waals surface area contributed by atoms with E-state index in [1.165, 1.54) is 12.8 Å². The molecule has 3 nitrogen and oxygen atoms in total. The fourth-order valence-corrected chi connectivity index (χ4v) is 3.20. The van der Waals surface area contributed by atoms with Crippen molar-refractivity contribution < 1.29 is 27.1 Å². The first-order chi connectivity index (χ1) is 9.90. The van der Waals surface area contributed by atoms with Crippen molar-refractivity contribution in [3.8, 4) is 0 Å². The van der Waals surface area contributed by atoms with Crippen LogP contribution in [-0.4, -0.2) is 49.5 Å². The van der Waals surface area contributed by atoms with Crippen molar-refractivity contribution in [2.24, 2.45) is 11.8 Å². The molecular weight excluding hydrogens is 290 g/mol. The number of hydrogen-bond acceptors (Lipinski definition) is 2. The molecule has 0 aromatic carbocycles. The smallest absolute Gasteiger partial charge is 0.330 e. The van der Waals surface area contributed by atoms with E-state index in [-0.39, 0.29) is 18.9 Å². The predicted octanol–water partition coefficient (Wildman–Crippen LogP) is 2.94. The molecule has 2 fully saturated rings. The van der Waals surface area contributed by atoms with Gasteiger partial charge in [0.1, 0.15) is 6.61 Å². The summed E-state index contributed by atoms with van der Waals surface area (Å²) in [5, 5.41) is 0. The summed E-state index contributed by atoms with van der Waals surface area (Å²) in [5.41, 5.74) is 0. The van der Waals surface area contributed by atoms with E-state index in [1.807, 2.05) is 0 Å². The van der Waals surface area contributed by atoms with E-state index in [0.717, 1.165) is 25.9 Å². The summed E-state index contributed by atoms with van der Waals surface area (Å²) in [6.07, 6.45) is 0.926. The summed E-state index contributed by atoms with van der Waals surface area (Å²) in [7, 11) is 0. The fourth-order valence-electron chi connectivity index (χ4n) is 3.20. The molecule has 0 spiro atoms. The van der Waals surface area contributed by atoms with Crippen LogP contribution in [-0.2, 0) is 9.53 Å². The summed E-state index contributed by atoms with van der Waals surface area (Å²) in [5.74, 6) is -3.16. The summed E-state index contributed by atoms with van der Waals surface area (Å²) >= 11 is 0. The third-order valence-electron chi connectivity index (χ3n) is 4.40. The molecule has 21 heavy (non-hydrogen) atoms. The topological polar surface area (TPSA) is 29.5 Å². The summed E-state index contributed by atoms with van der Waals surface area (Å²) in [6, 6.07) is 0. The number of likely N-dealkylation sites (tertiary alicyclic amines) is 1. The molecule has 1 saturated heterocycles. The van der Waals surface area contributed by atoms with Crippen molar-refractivity contribution in [1.29, 1.82) is 0 Å². The van der Waals surface area contributed by atoms with Crippen LogP contribution < -0.4 is 0 Å². The molecule has 1 heterocycles. The van der Waals surface area contributed by atoms with E-state index in [2.05, 4.69) is 4.74 Å². The van der Waals surface area contributed by atoms with Gasteiger partial charge in [-0.2, -0.15) is 8.78 Å². The van der Waals surface area contributed by atoms with Gasteiger partial charge in [0.05, 0.1) is 13.0 Å². The molecule has 0 bridgehead atoms.